The van der Waals surface area contributed by atoms with Crippen LogP contribution in [0.4, 0.5) is 5.88 Å². The first-order chi connectivity index (χ1) is 9.04. The molecule has 1 aromatic rings. The number of carboxylic acids is 1. The van der Waals surface area contributed by atoms with Gasteiger partial charge in [0.25, 0.3) is 0 Å². The fraction of sp³-hybridized carbons (Fsp3) is 0.583. The Morgan fingerprint density at radius 2 is 2.32 bits per heavy atom. The number of carboxylic acid groups (broad SMARTS) is 1. The molecular weight excluding hydrogens is 250 g/mol. The quantitative estimate of drug-likeness (QED) is 0.760. The molecule has 7 nitrogen and oxygen atoms in total. The third kappa shape index (κ3) is 4.36. The first-order valence-electron chi connectivity index (χ1n) is 6.23. The number of anilines is 1. The van der Waals surface area contributed by atoms with Gasteiger partial charge in [-0.25, -0.2) is 0 Å². The fourth-order valence-corrected chi connectivity index (χ4v) is 1.85. The maximum atomic E-state index is 11.8. The lowest BCUT2D eigenvalue weighted by Crippen LogP contribution is -2.36. The Morgan fingerprint density at radius 1 is 1.58 bits per heavy atom. The van der Waals surface area contributed by atoms with Gasteiger partial charge < -0.3 is 9.63 Å². The third-order valence-corrected chi connectivity index (χ3v) is 2.91. The molecule has 1 heterocycles. The van der Waals surface area contributed by atoms with Crippen LogP contribution in [0.25, 0.3) is 0 Å². The summed E-state index contributed by atoms with van der Waals surface area (Å²) in [5.41, 5.74) is 0.695. The van der Waals surface area contributed by atoms with Gasteiger partial charge in [-0.15, -0.1) is 0 Å². The molecule has 0 bridgehead atoms. The van der Waals surface area contributed by atoms with Crippen molar-refractivity contribution in [2.24, 2.45) is 0 Å². The van der Waals surface area contributed by atoms with Gasteiger partial charge in [0.15, 0.2) is 0 Å². The maximum Gasteiger partial charge on any atom is 0.304 e. The van der Waals surface area contributed by atoms with Gasteiger partial charge in [-0.3, -0.25) is 19.8 Å². The molecule has 0 aliphatic heterocycles. The predicted molar refractivity (Wildman–Crippen MR) is 66.7 cm³/mol. The minimum atomic E-state index is -0.850. The molecule has 1 amide bonds. The molecule has 19 heavy (non-hydrogen) atoms. The number of carbonyl (C=O) groups excluding carboxylic acids is 1. The van der Waals surface area contributed by atoms with Crippen LogP contribution in [0.15, 0.2) is 10.6 Å². The summed E-state index contributed by atoms with van der Waals surface area (Å²) in [7, 11) is 0. The van der Waals surface area contributed by atoms with E-state index in [4.69, 9.17) is 9.63 Å². The van der Waals surface area contributed by atoms with E-state index in [0.717, 1.165) is 12.8 Å². The molecule has 1 aliphatic rings. The van der Waals surface area contributed by atoms with Crippen molar-refractivity contribution < 1.29 is 19.2 Å². The summed E-state index contributed by atoms with van der Waals surface area (Å²) in [6.45, 7) is 2.34. The van der Waals surface area contributed by atoms with Crippen LogP contribution in [-0.2, 0) is 9.59 Å². The topological polar surface area (TPSA) is 95.7 Å². The molecule has 1 aliphatic carbocycles. The van der Waals surface area contributed by atoms with Crippen LogP contribution in [0.1, 0.15) is 25.0 Å². The number of amides is 1. The summed E-state index contributed by atoms with van der Waals surface area (Å²) in [6, 6.07) is 1.97. The molecule has 0 aromatic carbocycles. The summed E-state index contributed by atoms with van der Waals surface area (Å²) in [5, 5.41) is 15.0. The number of aryl methyl sites for hydroxylation is 1. The van der Waals surface area contributed by atoms with Crippen LogP contribution in [-0.4, -0.2) is 46.2 Å². The second-order valence-corrected chi connectivity index (χ2v) is 4.73. The minimum absolute atomic E-state index is 0.0468. The van der Waals surface area contributed by atoms with E-state index >= 15 is 0 Å². The average Bonchev–Trinajstić information content (AvgIpc) is 3.09. The summed E-state index contributed by atoms with van der Waals surface area (Å²) in [6.07, 6.45) is 2.09. The van der Waals surface area contributed by atoms with E-state index < -0.39 is 5.97 Å². The molecular formula is C12H17N3O4. The second kappa shape index (κ2) is 5.83. The van der Waals surface area contributed by atoms with Crippen molar-refractivity contribution in [1.29, 1.82) is 0 Å². The monoisotopic (exact) mass is 267 g/mol. The van der Waals surface area contributed by atoms with Gasteiger partial charge in [-0.05, 0) is 19.8 Å². The summed E-state index contributed by atoms with van der Waals surface area (Å²) in [5.74, 6) is -0.748. The Bertz CT molecular complexity index is 467. The standard InChI is InChI=1S/C12H17N3O4/c1-8-6-11(19-14-8)13-10(16)7-15(9-2-3-9)5-4-12(17)18/h6,9H,2-5,7H2,1H3,(H,13,16)(H,17,18). The summed E-state index contributed by atoms with van der Waals surface area (Å²) >= 11 is 0. The van der Waals surface area contributed by atoms with Crippen LogP contribution >= 0.6 is 0 Å². The number of hydrogen-bond donors (Lipinski definition) is 2. The van der Waals surface area contributed by atoms with Crippen molar-refractivity contribution in [3.63, 3.8) is 0 Å². The highest BCUT2D eigenvalue weighted by Crippen LogP contribution is 2.26. The first kappa shape index (κ1) is 13.5. The van der Waals surface area contributed by atoms with Gasteiger partial charge in [0.1, 0.15) is 0 Å². The molecule has 1 fully saturated rings. The summed E-state index contributed by atoms with van der Waals surface area (Å²) < 4.78 is 4.90. The van der Waals surface area contributed by atoms with Crippen molar-refractivity contribution in [2.45, 2.75) is 32.2 Å². The lowest BCUT2D eigenvalue weighted by molar-refractivity contribution is -0.137. The van der Waals surface area contributed by atoms with Gasteiger partial charge in [0.2, 0.25) is 11.8 Å². The van der Waals surface area contributed by atoms with E-state index in [9.17, 15) is 9.59 Å². The van der Waals surface area contributed by atoms with Crippen LogP contribution in [0.3, 0.4) is 0 Å². The molecule has 104 valence electrons. The summed E-state index contributed by atoms with van der Waals surface area (Å²) in [4.78, 5) is 24.3. The number of carbonyl (C=O) groups is 2. The molecule has 0 spiro atoms. The van der Waals surface area contributed by atoms with Crippen LogP contribution in [0.2, 0.25) is 0 Å². The number of aliphatic carboxylic acids is 1. The van der Waals surface area contributed by atoms with E-state index in [1.165, 1.54) is 0 Å². The number of rotatable bonds is 7. The van der Waals surface area contributed by atoms with E-state index in [1.54, 1.807) is 13.0 Å². The highest BCUT2D eigenvalue weighted by molar-refractivity contribution is 5.91. The Kier molecular flexibility index (Phi) is 4.16. The van der Waals surface area contributed by atoms with Gasteiger partial charge >= 0.3 is 5.97 Å². The number of hydrogen-bond acceptors (Lipinski definition) is 5. The molecule has 0 unspecified atom stereocenters. The zero-order valence-electron chi connectivity index (χ0n) is 10.8. The predicted octanol–water partition coefficient (Wildman–Crippen LogP) is 0.861. The van der Waals surface area contributed by atoms with Gasteiger partial charge in [-0.1, -0.05) is 5.16 Å². The Labute approximate surface area is 110 Å². The number of nitrogens with one attached hydrogen (secondary N) is 1. The van der Waals surface area contributed by atoms with Gasteiger partial charge in [0, 0.05) is 18.7 Å². The largest absolute Gasteiger partial charge is 0.481 e. The lowest BCUT2D eigenvalue weighted by atomic mass is 10.3. The SMILES string of the molecule is Cc1cc(NC(=O)CN(CCC(=O)O)C2CC2)on1. The van der Waals surface area contributed by atoms with Crippen LogP contribution < -0.4 is 5.32 Å². The fourth-order valence-electron chi connectivity index (χ4n) is 1.85. The maximum absolute atomic E-state index is 11.8. The molecule has 7 heteroatoms. The Hall–Kier alpha value is -1.89. The number of nitrogens with zero attached hydrogens (tertiary/aromatic N) is 2. The highest BCUT2D eigenvalue weighted by atomic mass is 16.5. The van der Waals surface area contributed by atoms with E-state index in [2.05, 4.69) is 10.5 Å². The normalized spacial score (nSPS) is 14.6. The molecule has 1 saturated carbocycles. The van der Waals surface area contributed by atoms with Crippen molar-refractivity contribution in [1.82, 2.24) is 10.1 Å². The van der Waals surface area contributed by atoms with Gasteiger partial charge in [0.05, 0.1) is 18.7 Å². The van der Waals surface area contributed by atoms with E-state index in [-0.39, 0.29) is 18.9 Å². The van der Waals surface area contributed by atoms with Crippen LogP contribution in [0, 0.1) is 6.92 Å². The van der Waals surface area contributed by atoms with Crippen molar-refractivity contribution in [2.75, 3.05) is 18.4 Å². The zero-order chi connectivity index (χ0) is 13.8. The van der Waals surface area contributed by atoms with E-state index in [0.29, 0.717) is 24.2 Å². The number of aromatic nitrogens is 1. The van der Waals surface area contributed by atoms with E-state index in [1.807, 2.05) is 4.90 Å². The second-order valence-electron chi connectivity index (χ2n) is 4.73. The van der Waals surface area contributed by atoms with Crippen molar-refractivity contribution in [3.8, 4) is 0 Å². The van der Waals surface area contributed by atoms with Crippen molar-refractivity contribution in [3.05, 3.63) is 11.8 Å². The van der Waals surface area contributed by atoms with Crippen LogP contribution in [0.5, 0.6) is 0 Å². The molecule has 1 aromatic heterocycles. The molecule has 0 radical (unpaired) electrons. The zero-order valence-corrected chi connectivity index (χ0v) is 10.8. The molecule has 2 N–H and O–H groups in total. The lowest BCUT2D eigenvalue weighted by Gasteiger charge is -2.19. The molecule has 2 rings (SSSR count). The first-order valence-corrected chi connectivity index (χ1v) is 6.23. The molecule has 0 saturated heterocycles. The highest BCUT2D eigenvalue weighted by Gasteiger charge is 2.30. The van der Waals surface area contributed by atoms with Gasteiger partial charge in [-0.2, -0.15) is 0 Å². The molecule has 0 atom stereocenters. The minimum Gasteiger partial charge on any atom is -0.481 e. The van der Waals surface area contributed by atoms with Crippen molar-refractivity contribution >= 4 is 17.8 Å². The third-order valence-electron chi connectivity index (χ3n) is 2.91. The average molecular weight is 267 g/mol. The smallest absolute Gasteiger partial charge is 0.304 e. The Balaban J connectivity index is 1.82. The Morgan fingerprint density at radius 3 is 2.84 bits per heavy atom.